The minimum atomic E-state index is -0.218. The molecular weight excluding hydrogens is 326 g/mol. The third kappa shape index (κ3) is 4.65. The number of carbonyl (C=O) groups excluding carboxylic acids is 1. The second-order valence-corrected chi connectivity index (χ2v) is 5.83. The van der Waals surface area contributed by atoms with Crippen LogP contribution in [0.2, 0.25) is 0 Å². The molecule has 4 nitrogen and oxygen atoms in total. The first kappa shape index (κ1) is 14.0. The molecule has 0 spiro atoms. The molecule has 0 aliphatic carbocycles. The van der Waals surface area contributed by atoms with Crippen molar-refractivity contribution in [2.45, 2.75) is 13.3 Å². The molecule has 0 saturated carbocycles. The number of benzene rings is 1. The normalized spacial score (nSPS) is 10.2. The zero-order chi connectivity index (χ0) is 13.7. The molecule has 1 aromatic heterocycles. The van der Waals surface area contributed by atoms with E-state index in [1.807, 2.05) is 36.6 Å². The standard InChI is InChI=1S/C13H14BrN3OS/c1-9-8-19-13(16-9)17-12(18)15-6-5-10-3-2-4-11(14)7-10/h2-4,7-8H,5-6H2,1H3,(H2,15,16,17,18). The number of aryl methyl sites for hydroxylation is 1. The Morgan fingerprint density at radius 2 is 2.32 bits per heavy atom. The Hall–Kier alpha value is -1.40. The highest BCUT2D eigenvalue weighted by atomic mass is 79.9. The van der Waals surface area contributed by atoms with Gasteiger partial charge in [0.1, 0.15) is 0 Å². The summed E-state index contributed by atoms with van der Waals surface area (Å²) in [6.07, 6.45) is 0.795. The fraction of sp³-hybridized carbons (Fsp3) is 0.231. The number of nitrogens with zero attached hydrogens (tertiary/aromatic N) is 1. The Bertz CT molecular complexity index is 571. The van der Waals surface area contributed by atoms with Gasteiger partial charge in [0.05, 0.1) is 5.69 Å². The molecule has 19 heavy (non-hydrogen) atoms. The van der Waals surface area contributed by atoms with Crippen LogP contribution in [-0.2, 0) is 6.42 Å². The zero-order valence-electron chi connectivity index (χ0n) is 10.4. The molecule has 2 aromatic rings. The minimum Gasteiger partial charge on any atom is -0.337 e. The third-order valence-electron chi connectivity index (χ3n) is 2.43. The van der Waals surface area contributed by atoms with E-state index in [1.165, 1.54) is 16.9 Å². The number of rotatable bonds is 4. The van der Waals surface area contributed by atoms with Gasteiger partial charge in [0.2, 0.25) is 0 Å². The quantitative estimate of drug-likeness (QED) is 0.894. The monoisotopic (exact) mass is 339 g/mol. The molecule has 2 amide bonds. The summed E-state index contributed by atoms with van der Waals surface area (Å²) in [5, 5.41) is 8.04. The number of anilines is 1. The second-order valence-electron chi connectivity index (χ2n) is 4.05. The first-order valence-electron chi connectivity index (χ1n) is 5.85. The van der Waals surface area contributed by atoms with Gasteiger partial charge in [-0.15, -0.1) is 11.3 Å². The van der Waals surface area contributed by atoms with Crippen molar-refractivity contribution in [1.82, 2.24) is 10.3 Å². The van der Waals surface area contributed by atoms with Crippen LogP contribution in [0, 0.1) is 6.92 Å². The van der Waals surface area contributed by atoms with Gasteiger partial charge in [-0.1, -0.05) is 28.1 Å². The number of hydrogen-bond donors (Lipinski definition) is 2. The highest BCUT2D eigenvalue weighted by Crippen LogP contribution is 2.14. The highest BCUT2D eigenvalue weighted by Gasteiger charge is 2.04. The number of aromatic nitrogens is 1. The molecule has 0 aliphatic heterocycles. The van der Waals surface area contributed by atoms with Crippen LogP contribution in [0.1, 0.15) is 11.3 Å². The van der Waals surface area contributed by atoms with Crippen molar-refractivity contribution in [2.24, 2.45) is 0 Å². The van der Waals surface area contributed by atoms with Crippen molar-refractivity contribution in [2.75, 3.05) is 11.9 Å². The van der Waals surface area contributed by atoms with Crippen LogP contribution >= 0.6 is 27.3 Å². The van der Waals surface area contributed by atoms with Crippen molar-refractivity contribution in [3.05, 3.63) is 45.4 Å². The molecule has 0 saturated heterocycles. The van der Waals surface area contributed by atoms with E-state index in [0.29, 0.717) is 11.7 Å². The van der Waals surface area contributed by atoms with E-state index >= 15 is 0 Å². The number of hydrogen-bond acceptors (Lipinski definition) is 3. The molecule has 2 rings (SSSR count). The van der Waals surface area contributed by atoms with Gasteiger partial charge in [0, 0.05) is 16.4 Å². The summed E-state index contributed by atoms with van der Waals surface area (Å²) in [7, 11) is 0. The van der Waals surface area contributed by atoms with E-state index in [2.05, 4.69) is 31.5 Å². The van der Waals surface area contributed by atoms with Crippen LogP contribution < -0.4 is 10.6 Å². The van der Waals surface area contributed by atoms with Crippen LogP contribution in [0.25, 0.3) is 0 Å². The SMILES string of the molecule is Cc1csc(NC(=O)NCCc2cccc(Br)c2)n1. The average Bonchev–Trinajstić information content (AvgIpc) is 2.75. The number of amides is 2. The molecule has 0 bridgehead atoms. The molecule has 0 aliphatic rings. The molecule has 1 aromatic carbocycles. The van der Waals surface area contributed by atoms with Crippen molar-refractivity contribution in [3.8, 4) is 0 Å². The Kier molecular flexibility index (Phi) is 4.93. The molecule has 2 N–H and O–H groups in total. The van der Waals surface area contributed by atoms with Gasteiger partial charge in [-0.3, -0.25) is 5.32 Å². The predicted octanol–water partition coefficient (Wildman–Crippen LogP) is 3.58. The number of halogens is 1. The van der Waals surface area contributed by atoms with E-state index in [4.69, 9.17) is 0 Å². The van der Waals surface area contributed by atoms with Gasteiger partial charge in [0.25, 0.3) is 0 Å². The summed E-state index contributed by atoms with van der Waals surface area (Å²) in [5.74, 6) is 0. The molecule has 100 valence electrons. The second kappa shape index (κ2) is 6.68. The van der Waals surface area contributed by atoms with Gasteiger partial charge in [-0.2, -0.15) is 0 Å². The number of thiazole rings is 1. The van der Waals surface area contributed by atoms with E-state index in [1.54, 1.807) is 0 Å². The number of carbonyl (C=O) groups is 1. The molecule has 6 heteroatoms. The van der Waals surface area contributed by atoms with Crippen molar-refractivity contribution < 1.29 is 4.79 Å². The summed E-state index contributed by atoms with van der Waals surface area (Å²) in [6, 6.07) is 7.83. The minimum absolute atomic E-state index is 0.218. The lowest BCUT2D eigenvalue weighted by molar-refractivity contribution is 0.252. The van der Waals surface area contributed by atoms with Gasteiger partial charge in [-0.05, 0) is 31.0 Å². The van der Waals surface area contributed by atoms with E-state index < -0.39 is 0 Å². The summed E-state index contributed by atoms with van der Waals surface area (Å²) < 4.78 is 1.05. The molecule has 0 atom stereocenters. The fourth-order valence-corrected chi connectivity index (χ4v) is 2.70. The number of nitrogens with one attached hydrogen (secondary N) is 2. The molecule has 1 heterocycles. The summed E-state index contributed by atoms with van der Waals surface area (Å²) >= 11 is 4.84. The van der Waals surface area contributed by atoms with Crippen LogP contribution in [0.3, 0.4) is 0 Å². The lowest BCUT2D eigenvalue weighted by Crippen LogP contribution is -2.30. The van der Waals surface area contributed by atoms with Crippen molar-refractivity contribution in [3.63, 3.8) is 0 Å². The van der Waals surface area contributed by atoms with E-state index in [9.17, 15) is 4.79 Å². The van der Waals surface area contributed by atoms with Gasteiger partial charge in [-0.25, -0.2) is 9.78 Å². The maximum Gasteiger partial charge on any atom is 0.321 e. The molecule has 0 unspecified atom stereocenters. The first-order chi connectivity index (χ1) is 9.13. The van der Waals surface area contributed by atoms with Crippen LogP contribution in [0.15, 0.2) is 34.1 Å². The molecular formula is C13H14BrN3OS. The van der Waals surface area contributed by atoms with E-state index in [0.717, 1.165) is 16.6 Å². The van der Waals surface area contributed by atoms with Crippen molar-refractivity contribution >= 4 is 38.4 Å². The van der Waals surface area contributed by atoms with Gasteiger partial charge in [0.15, 0.2) is 5.13 Å². The Morgan fingerprint density at radius 3 is 3.00 bits per heavy atom. The Labute approximate surface area is 124 Å². The maximum atomic E-state index is 11.6. The molecule has 0 radical (unpaired) electrons. The highest BCUT2D eigenvalue weighted by molar-refractivity contribution is 9.10. The predicted molar refractivity (Wildman–Crippen MR) is 81.7 cm³/mol. The van der Waals surface area contributed by atoms with E-state index in [-0.39, 0.29) is 6.03 Å². The zero-order valence-corrected chi connectivity index (χ0v) is 12.8. The Morgan fingerprint density at radius 1 is 1.47 bits per heavy atom. The smallest absolute Gasteiger partial charge is 0.321 e. The van der Waals surface area contributed by atoms with Crippen molar-refractivity contribution in [1.29, 1.82) is 0 Å². The largest absolute Gasteiger partial charge is 0.337 e. The lowest BCUT2D eigenvalue weighted by Gasteiger charge is -2.05. The Balaban J connectivity index is 1.75. The fourth-order valence-electron chi connectivity index (χ4n) is 1.57. The average molecular weight is 340 g/mol. The van der Waals surface area contributed by atoms with Crippen LogP contribution in [0.5, 0.6) is 0 Å². The van der Waals surface area contributed by atoms with Crippen LogP contribution in [-0.4, -0.2) is 17.6 Å². The first-order valence-corrected chi connectivity index (χ1v) is 7.52. The third-order valence-corrected chi connectivity index (χ3v) is 3.80. The summed E-state index contributed by atoms with van der Waals surface area (Å²) in [6.45, 7) is 2.49. The van der Waals surface area contributed by atoms with Gasteiger partial charge >= 0.3 is 6.03 Å². The van der Waals surface area contributed by atoms with Crippen LogP contribution in [0.4, 0.5) is 9.93 Å². The summed E-state index contributed by atoms with van der Waals surface area (Å²) in [4.78, 5) is 15.8. The van der Waals surface area contributed by atoms with Gasteiger partial charge < -0.3 is 5.32 Å². The lowest BCUT2D eigenvalue weighted by atomic mass is 10.1. The molecule has 0 fully saturated rings. The summed E-state index contributed by atoms with van der Waals surface area (Å²) in [5.41, 5.74) is 2.09. The maximum absolute atomic E-state index is 11.6. The number of urea groups is 1. The topological polar surface area (TPSA) is 54.0 Å².